The first-order chi connectivity index (χ1) is 11.2. The SMILES string of the molecule is C[C@@H](CNC(=O)NCCc1cc2ccccc2o1)c1nccs1. The van der Waals surface area contributed by atoms with Gasteiger partial charge >= 0.3 is 6.03 Å². The minimum atomic E-state index is -0.162. The highest BCUT2D eigenvalue weighted by Crippen LogP contribution is 2.19. The molecule has 1 aromatic carbocycles. The standard InChI is InChI=1S/C17H19N3O2S/c1-12(16-18-8-9-23-16)11-20-17(21)19-7-6-14-10-13-4-2-3-5-15(13)22-14/h2-5,8-10,12H,6-7,11H2,1H3,(H2,19,20,21)/t12-/m0/s1. The number of thiazole rings is 1. The van der Waals surface area contributed by atoms with Gasteiger partial charge in [0.05, 0.1) is 5.01 Å². The van der Waals surface area contributed by atoms with Crippen molar-refractivity contribution in [2.45, 2.75) is 19.3 Å². The molecule has 3 rings (SSSR count). The number of aromatic nitrogens is 1. The van der Waals surface area contributed by atoms with Crippen LogP contribution in [0.1, 0.15) is 23.6 Å². The zero-order chi connectivity index (χ0) is 16.1. The molecule has 0 aliphatic heterocycles. The average molecular weight is 329 g/mol. The largest absolute Gasteiger partial charge is 0.461 e. The van der Waals surface area contributed by atoms with Crippen molar-refractivity contribution in [3.63, 3.8) is 0 Å². The Labute approximate surface area is 138 Å². The Hall–Kier alpha value is -2.34. The number of nitrogens with zero attached hydrogens (tertiary/aromatic N) is 1. The fourth-order valence-corrected chi connectivity index (χ4v) is 3.03. The molecule has 0 unspecified atom stereocenters. The Bertz CT molecular complexity index is 734. The lowest BCUT2D eigenvalue weighted by atomic mass is 10.2. The van der Waals surface area contributed by atoms with E-state index >= 15 is 0 Å². The molecule has 0 bridgehead atoms. The van der Waals surface area contributed by atoms with E-state index < -0.39 is 0 Å². The third-order valence-electron chi connectivity index (χ3n) is 3.58. The molecule has 2 N–H and O–H groups in total. The summed E-state index contributed by atoms with van der Waals surface area (Å²) >= 11 is 1.60. The smallest absolute Gasteiger partial charge is 0.314 e. The summed E-state index contributed by atoms with van der Waals surface area (Å²) in [5.74, 6) is 1.10. The van der Waals surface area contributed by atoms with Gasteiger partial charge in [-0.2, -0.15) is 0 Å². The van der Waals surface area contributed by atoms with Gasteiger partial charge in [-0.15, -0.1) is 11.3 Å². The third kappa shape index (κ3) is 4.10. The van der Waals surface area contributed by atoms with Crippen LogP contribution in [0.4, 0.5) is 4.79 Å². The molecular formula is C17H19N3O2S. The van der Waals surface area contributed by atoms with Gasteiger partial charge in [-0.25, -0.2) is 9.78 Å². The van der Waals surface area contributed by atoms with Crippen LogP contribution in [0.15, 0.2) is 46.3 Å². The molecule has 0 fully saturated rings. The number of hydrogen-bond acceptors (Lipinski definition) is 4. The maximum Gasteiger partial charge on any atom is 0.314 e. The van der Waals surface area contributed by atoms with E-state index in [1.54, 1.807) is 17.5 Å². The molecule has 0 spiro atoms. The number of rotatable bonds is 6. The van der Waals surface area contributed by atoms with Crippen molar-refractivity contribution in [2.75, 3.05) is 13.1 Å². The zero-order valence-corrected chi connectivity index (χ0v) is 13.7. The van der Waals surface area contributed by atoms with Crippen LogP contribution in [0.2, 0.25) is 0 Å². The monoisotopic (exact) mass is 329 g/mol. The molecule has 0 saturated heterocycles. The van der Waals surface area contributed by atoms with Gasteiger partial charge in [0.2, 0.25) is 0 Å². The maximum absolute atomic E-state index is 11.8. The average Bonchev–Trinajstić information content (AvgIpc) is 3.21. The van der Waals surface area contributed by atoms with Gasteiger partial charge in [-0.3, -0.25) is 0 Å². The molecule has 2 amide bonds. The second kappa shape index (κ2) is 7.28. The molecule has 120 valence electrons. The van der Waals surface area contributed by atoms with Gasteiger partial charge in [0.1, 0.15) is 11.3 Å². The van der Waals surface area contributed by atoms with Gasteiger partial charge in [0, 0.05) is 42.4 Å². The summed E-state index contributed by atoms with van der Waals surface area (Å²) in [7, 11) is 0. The van der Waals surface area contributed by atoms with Gasteiger partial charge in [-0.05, 0) is 12.1 Å². The van der Waals surface area contributed by atoms with E-state index in [4.69, 9.17) is 4.42 Å². The lowest BCUT2D eigenvalue weighted by Gasteiger charge is -2.10. The molecule has 5 nitrogen and oxygen atoms in total. The second-order valence-electron chi connectivity index (χ2n) is 5.41. The van der Waals surface area contributed by atoms with Crippen molar-refractivity contribution >= 4 is 28.3 Å². The van der Waals surface area contributed by atoms with Crippen molar-refractivity contribution in [1.82, 2.24) is 15.6 Å². The van der Waals surface area contributed by atoms with Crippen LogP contribution >= 0.6 is 11.3 Å². The van der Waals surface area contributed by atoms with E-state index in [-0.39, 0.29) is 11.9 Å². The fourth-order valence-electron chi connectivity index (χ4n) is 2.33. The third-order valence-corrected chi connectivity index (χ3v) is 4.58. The molecule has 2 aromatic heterocycles. The number of furan rings is 1. The van der Waals surface area contributed by atoms with E-state index in [1.807, 2.05) is 42.6 Å². The van der Waals surface area contributed by atoms with Crippen molar-refractivity contribution in [3.05, 3.63) is 52.7 Å². The van der Waals surface area contributed by atoms with E-state index in [0.717, 1.165) is 21.7 Å². The zero-order valence-electron chi connectivity index (χ0n) is 12.9. The van der Waals surface area contributed by atoms with E-state index in [2.05, 4.69) is 15.6 Å². The molecule has 0 saturated carbocycles. The lowest BCUT2D eigenvalue weighted by Crippen LogP contribution is -2.38. The van der Waals surface area contributed by atoms with Crippen LogP contribution in [0.25, 0.3) is 11.0 Å². The molecule has 0 radical (unpaired) electrons. The molecule has 0 aliphatic rings. The Morgan fingerprint density at radius 3 is 3.00 bits per heavy atom. The van der Waals surface area contributed by atoms with Crippen LogP contribution in [0.3, 0.4) is 0 Å². The first-order valence-electron chi connectivity index (χ1n) is 7.61. The predicted molar refractivity (Wildman–Crippen MR) is 91.8 cm³/mol. The number of benzene rings is 1. The maximum atomic E-state index is 11.8. The summed E-state index contributed by atoms with van der Waals surface area (Å²) in [6, 6.07) is 9.74. The normalized spacial score (nSPS) is 12.2. The summed E-state index contributed by atoms with van der Waals surface area (Å²) in [6.45, 7) is 3.16. The molecule has 1 atom stereocenters. The molecule has 3 aromatic rings. The molecule has 2 heterocycles. The number of hydrogen-bond donors (Lipinski definition) is 2. The van der Waals surface area contributed by atoms with Crippen LogP contribution in [-0.4, -0.2) is 24.1 Å². The Kier molecular flexibility index (Phi) is 4.92. The van der Waals surface area contributed by atoms with Crippen LogP contribution < -0.4 is 10.6 Å². The van der Waals surface area contributed by atoms with Crippen molar-refractivity contribution in [2.24, 2.45) is 0 Å². The summed E-state index contributed by atoms with van der Waals surface area (Å²) in [5.41, 5.74) is 0.879. The summed E-state index contributed by atoms with van der Waals surface area (Å²) < 4.78 is 5.72. The van der Waals surface area contributed by atoms with Gasteiger partial charge in [0.15, 0.2) is 0 Å². The first-order valence-corrected chi connectivity index (χ1v) is 8.49. The summed E-state index contributed by atoms with van der Waals surface area (Å²) in [5, 5.41) is 9.78. The quantitative estimate of drug-likeness (QED) is 0.727. The first kappa shape index (κ1) is 15.6. The topological polar surface area (TPSA) is 67.2 Å². The number of nitrogens with one attached hydrogen (secondary N) is 2. The lowest BCUT2D eigenvalue weighted by molar-refractivity contribution is 0.240. The molecule has 23 heavy (non-hydrogen) atoms. The second-order valence-corrected chi connectivity index (χ2v) is 6.33. The number of fused-ring (bicyclic) bond motifs is 1. The number of urea groups is 1. The van der Waals surface area contributed by atoms with Crippen molar-refractivity contribution in [3.8, 4) is 0 Å². The van der Waals surface area contributed by atoms with Gasteiger partial charge in [-0.1, -0.05) is 25.1 Å². The minimum absolute atomic E-state index is 0.162. The van der Waals surface area contributed by atoms with Crippen LogP contribution in [0.5, 0.6) is 0 Å². The number of para-hydroxylation sites is 1. The van der Waals surface area contributed by atoms with Gasteiger partial charge < -0.3 is 15.1 Å². The number of carbonyl (C=O) groups is 1. The minimum Gasteiger partial charge on any atom is -0.461 e. The van der Waals surface area contributed by atoms with Crippen molar-refractivity contribution in [1.29, 1.82) is 0 Å². The van der Waals surface area contributed by atoms with E-state index in [9.17, 15) is 4.79 Å². The highest BCUT2D eigenvalue weighted by molar-refractivity contribution is 7.09. The molecule has 0 aliphatic carbocycles. The predicted octanol–water partition coefficient (Wildman–Crippen LogP) is 3.53. The Morgan fingerprint density at radius 1 is 1.35 bits per heavy atom. The fraction of sp³-hybridized carbons (Fsp3) is 0.294. The Balaban J connectivity index is 1.40. The summed E-state index contributed by atoms with van der Waals surface area (Å²) in [6.07, 6.45) is 2.45. The number of carbonyl (C=O) groups excluding carboxylic acids is 1. The highest BCUT2D eigenvalue weighted by atomic mass is 32.1. The summed E-state index contributed by atoms with van der Waals surface area (Å²) in [4.78, 5) is 16.1. The highest BCUT2D eigenvalue weighted by Gasteiger charge is 2.10. The van der Waals surface area contributed by atoms with Gasteiger partial charge in [0.25, 0.3) is 0 Å². The van der Waals surface area contributed by atoms with Crippen molar-refractivity contribution < 1.29 is 9.21 Å². The van der Waals surface area contributed by atoms with E-state index in [0.29, 0.717) is 19.5 Å². The molecular weight excluding hydrogens is 310 g/mol. The number of amides is 2. The van der Waals surface area contributed by atoms with E-state index in [1.165, 1.54) is 0 Å². The Morgan fingerprint density at radius 2 is 2.22 bits per heavy atom. The van der Waals surface area contributed by atoms with Crippen LogP contribution in [-0.2, 0) is 6.42 Å². The molecule has 6 heteroatoms. The van der Waals surface area contributed by atoms with Crippen LogP contribution in [0, 0.1) is 0 Å².